The van der Waals surface area contributed by atoms with Crippen LogP contribution in [0.2, 0.25) is 0 Å². The second kappa shape index (κ2) is 5.75. The molecule has 0 radical (unpaired) electrons. The zero-order chi connectivity index (χ0) is 11.3. The Kier molecular flexibility index (Phi) is 4.93. The monoisotopic (exact) mass is 231 g/mol. The number of carbonyl (C=O) groups is 1. The van der Waals surface area contributed by atoms with E-state index in [-0.39, 0.29) is 5.97 Å². The van der Waals surface area contributed by atoms with E-state index in [9.17, 15) is 4.79 Å². The smallest absolute Gasteiger partial charge is 0.306 e. The first-order chi connectivity index (χ1) is 7.06. The Bertz CT molecular complexity index is 219. The van der Waals surface area contributed by atoms with Gasteiger partial charge in [-0.15, -0.1) is 0 Å². The van der Waals surface area contributed by atoms with Crippen LogP contribution in [0.5, 0.6) is 0 Å². The quantitative estimate of drug-likeness (QED) is 0.747. The molecule has 1 atom stereocenters. The Morgan fingerprint density at radius 1 is 1.60 bits per heavy atom. The van der Waals surface area contributed by atoms with Crippen molar-refractivity contribution in [3.8, 4) is 0 Å². The average Bonchev–Trinajstić information content (AvgIpc) is 2.20. The van der Waals surface area contributed by atoms with Gasteiger partial charge in [0, 0.05) is 18.3 Å². The van der Waals surface area contributed by atoms with E-state index in [0.29, 0.717) is 17.9 Å². The van der Waals surface area contributed by atoms with E-state index in [1.165, 1.54) is 19.3 Å². The number of carbonyl (C=O) groups excluding carboxylic acids is 1. The molecule has 1 aliphatic rings. The summed E-state index contributed by atoms with van der Waals surface area (Å²) in [5.74, 6) is 2.26. The molecule has 4 heteroatoms. The molecule has 0 aliphatic carbocycles. The van der Waals surface area contributed by atoms with Crippen LogP contribution in [0.15, 0.2) is 0 Å². The summed E-state index contributed by atoms with van der Waals surface area (Å²) in [5.41, 5.74) is 0.349. The molecule has 1 N–H and O–H groups in total. The van der Waals surface area contributed by atoms with Crippen LogP contribution in [0, 0.1) is 5.41 Å². The molecule has 1 rings (SSSR count). The maximum absolute atomic E-state index is 10.9. The number of rotatable bonds is 4. The summed E-state index contributed by atoms with van der Waals surface area (Å²) in [6.07, 6.45) is 1.71. The lowest BCUT2D eigenvalue weighted by Gasteiger charge is -2.38. The zero-order valence-corrected chi connectivity index (χ0v) is 10.7. The van der Waals surface area contributed by atoms with Gasteiger partial charge in [0.05, 0.1) is 13.5 Å². The summed E-state index contributed by atoms with van der Waals surface area (Å²) >= 11 is 1.99. The molecule has 15 heavy (non-hydrogen) atoms. The molecule has 1 aliphatic heterocycles. The fourth-order valence-corrected chi connectivity index (χ4v) is 3.36. The maximum Gasteiger partial charge on any atom is 0.306 e. The highest BCUT2D eigenvalue weighted by Gasteiger charge is 2.31. The maximum atomic E-state index is 10.9. The Morgan fingerprint density at radius 2 is 2.33 bits per heavy atom. The Labute approximate surface area is 96.3 Å². The van der Waals surface area contributed by atoms with E-state index < -0.39 is 0 Å². The van der Waals surface area contributed by atoms with Crippen molar-refractivity contribution in [2.75, 3.05) is 25.2 Å². The van der Waals surface area contributed by atoms with Gasteiger partial charge in [-0.3, -0.25) is 4.79 Å². The molecular weight excluding hydrogens is 210 g/mol. The first kappa shape index (κ1) is 12.8. The second-order valence-corrected chi connectivity index (χ2v) is 5.80. The lowest BCUT2D eigenvalue weighted by Crippen LogP contribution is -2.47. The van der Waals surface area contributed by atoms with Crippen molar-refractivity contribution >= 4 is 17.7 Å². The molecule has 1 heterocycles. The van der Waals surface area contributed by atoms with Crippen LogP contribution < -0.4 is 5.32 Å². The van der Waals surface area contributed by atoms with Crippen LogP contribution in [0.1, 0.15) is 26.7 Å². The SMILES string of the molecule is COC(=O)CCNC1CSCCC1(C)C. The van der Waals surface area contributed by atoms with Crippen molar-refractivity contribution in [1.82, 2.24) is 5.32 Å². The molecule has 1 saturated heterocycles. The second-order valence-electron chi connectivity index (χ2n) is 4.65. The van der Waals surface area contributed by atoms with Gasteiger partial charge in [0.25, 0.3) is 0 Å². The van der Waals surface area contributed by atoms with Gasteiger partial charge in [-0.1, -0.05) is 13.8 Å². The van der Waals surface area contributed by atoms with Gasteiger partial charge in [-0.25, -0.2) is 0 Å². The Hall–Kier alpha value is -0.220. The van der Waals surface area contributed by atoms with E-state index in [0.717, 1.165) is 12.3 Å². The molecule has 88 valence electrons. The van der Waals surface area contributed by atoms with Gasteiger partial charge in [-0.05, 0) is 17.6 Å². The van der Waals surface area contributed by atoms with Crippen molar-refractivity contribution in [2.45, 2.75) is 32.7 Å². The third-order valence-corrected chi connectivity index (χ3v) is 4.13. The first-order valence-corrected chi connectivity index (χ1v) is 6.59. The summed E-state index contributed by atoms with van der Waals surface area (Å²) in [5, 5.41) is 3.46. The Balaban J connectivity index is 2.27. The van der Waals surface area contributed by atoms with E-state index in [4.69, 9.17) is 0 Å². The minimum atomic E-state index is -0.135. The van der Waals surface area contributed by atoms with E-state index in [2.05, 4.69) is 23.9 Å². The van der Waals surface area contributed by atoms with Crippen LogP contribution in [0.3, 0.4) is 0 Å². The third-order valence-electron chi connectivity index (χ3n) is 3.07. The lowest BCUT2D eigenvalue weighted by atomic mass is 9.82. The van der Waals surface area contributed by atoms with Gasteiger partial charge in [0.1, 0.15) is 0 Å². The van der Waals surface area contributed by atoms with Crippen molar-refractivity contribution in [2.24, 2.45) is 5.41 Å². The minimum absolute atomic E-state index is 0.135. The minimum Gasteiger partial charge on any atom is -0.469 e. The molecule has 0 amide bonds. The van der Waals surface area contributed by atoms with Crippen LogP contribution in [-0.2, 0) is 9.53 Å². The molecule has 0 bridgehead atoms. The number of methoxy groups -OCH3 is 1. The van der Waals surface area contributed by atoms with Crippen molar-refractivity contribution < 1.29 is 9.53 Å². The van der Waals surface area contributed by atoms with Crippen molar-refractivity contribution in [3.05, 3.63) is 0 Å². The number of ether oxygens (including phenoxy) is 1. The number of hydrogen-bond donors (Lipinski definition) is 1. The largest absolute Gasteiger partial charge is 0.469 e. The molecule has 1 unspecified atom stereocenters. The number of thioether (sulfide) groups is 1. The van der Waals surface area contributed by atoms with Gasteiger partial charge < -0.3 is 10.1 Å². The molecule has 0 aromatic rings. The predicted octanol–water partition coefficient (Wildman–Crippen LogP) is 1.67. The highest BCUT2D eigenvalue weighted by atomic mass is 32.2. The Morgan fingerprint density at radius 3 is 2.93 bits per heavy atom. The van der Waals surface area contributed by atoms with E-state index >= 15 is 0 Å². The van der Waals surface area contributed by atoms with Crippen molar-refractivity contribution in [3.63, 3.8) is 0 Å². The molecule has 1 fully saturated rings. The molecule has 0 saturated carbocycles. The topological polar surface area (TPSA) is 38.3 Å². The van der Waals surface area contributed by atoms with Gasteiger partial charge in [0.2, 0.25) is 0 Å². The highest BCUT2D eigenvalue weighted by Crippen LogP contribution is 2.33. The van der Waals surface area contributed by atoms with Gasteiger partial charge in [-0.2, -0.15) is 11.8 Å². The molecule has 0 aromatic heterocycles. The summed E-state index contributed by atoms with van der Waals surface area (Å²) in [6, 6.07) is 0.515. The summed E-state index contributed by atoms with van der Waals surface area (Å²) in [4.78, 5) is 10.9. The molecular formula is C11H21NO2S. The lowest BCUT2D eigenvalue weighted by molar-refractivity contribution is -0.140. The van der Waals surface area contributed by atoms with Crippen molar-refractivity contribution in [1.29, 1.82) is 0 Å². The third kappa shape index (κ3) is 4.03. The zero-order valence-electron chi connectivity index (χ0n) is 9.84. The first-order valence-electron chi connectivity index (χ1n) is 5.44. The van der Waals surface area contributed by atoms with Gasteiger partial charge >= 0.3 is 5.97 Å². The summed E-state index contributed by atoms with van der Waals surface area (Å²) < 4.78 is 4.61. The van der Waals surface area contributed by atoms with Crippen LogP contribution in [0.4, 0.5) is 0 Å². The standard InChI is InChI=1S/C11H21NO2S/c1-11(2)5-7-15-8-9(11)12-6-4-10(13)14-3/h9,12H,4-8H2,1-3H3. The fourth-order valence-electron chi connectivity index (χ4n) is 1.72. The predicted molar refractivity (Wildman–Crippen MR) is 64.1 cm³/mol. The normalized spacial score (nSPS) is 24.9. The van der Waals surface area contributed by atoms with Crippen LogP contribution in [0.25, 0.3) is 0 Å². The molecule has 3 nitrogen and oxygen atoms in total. The summed E-state index contributed by atoms with van der Waals surface area (Å²) in [7, 11) is 1.43. The fraction of sp³-hybridized carbons (Fsp3) is 0.909. The highest BCUT2D eigenvalue weighted by molar-refractivity contribution is 7.99. The molecule has 0 spiro atoms. The number of esters is 1. The molecule has 0 aromatic carbocycles. The van der Waals surface area contributed by atoms with Crippen LogP contribution in [-0.4, -0.2) is 37.2 Å². The van der Waals surface area contributed by atoms with E-state index in [1.54, 1.807) is 0 Å². The number of nitrogens with one attached hydrogen (secondary N) is 1. The van der Waals surface area contributed by atoms with Gasteiger partial charge in [0.15, 0.2) is 0 Å². The van der Waals surface area contributed by atoms with E-state index in [1.807, 2.05) is 11.8 Å². The summed E-state index contributed by atoms with van der Waals surface area (Å²) in [6.45, 7) is 5.31. The van der Waals surface area contributed by atoms with Crippen LogP contribution >= 0.6 is 11.8 Å². The average molecular weight is 231 g/mol. The number of hydrogen-bond acceptors (Lipinski definition) is 4.